The van der Waals surface area contributed by atoms with Crippen LogP contribution in [0.25, 0.3) is 0 Å². The average Bonchev–Trinajstić information content (AvgIpc) is 2.72. The van der Waals surface area contributed by atoms with E-state index >= 15 is 0 Å². The lowest BCUT2D eigenvalue weighted by molar-refractivity contribution is -0.134. The van der Waals surface area contributed by atoms with E-state index in [0.717, 1.165) is 32.5 Å². The summed E-state index contributed by atoms with van der Waals surface area (Å²) in [6, 6.07) is 0. The van der Waals surface area contributed by atoms with Crippen molar-refractivity contribution in [3.8, 4) is 0 Å². The van der Waals surface area contributed by atoms with Crippen molar-refractivity contribution in [3.05, 3.63) is 0 Å². The third-order valence-electron chi connectivity index (χ3n) is 2.88. The van der Waals surface area contributed by atoms with Crippen molar-refractivity contribution < 1.29 is 9.90 Å². The number of nitrogens with one attached hydrogen (secondary N) is 1. The third-order valence-corrected chi connectivity index (χ3v) is 2.88. The molecule has 2 heterocycles. The van der Waals surface area contributed by atoms with Crippen LogP contribution in [0, 0.1) is 5.92 Å². The highest BCUT2D eigenvalue weighted by atomic mass is 16.3. The maximum Gasteiger partial charge on any atom is 0.227 e. The van der Waals surface area contributed by atoms with E-state index in [0.29, 0.717) is 6.54 Å². The van der Waals surface area contributed by atoms with Gasteiger partial charge in [0.15, 0.2) is 0 Å². The van der Waals surface area contributed by atoms with Crippen LogP contribution in [0.15, 0.2) is 0 Å². The number of carbonyl (C=O) groups excluding carboxylic acids is 1. The zero-order chi connectivity index (χ0) is 9.26. The average molecular weight is 184 g/mol. The Morgan fingerprint density at radius 1 is 1.46 bits per heavy atom. The Balaban J connectivity index is 1.89. The molecule has 0 saturated carbocycles. The monoisotopic (exact) mass is 184 g/mol. The number of β-amino-alcohol motifs (C(OH)–C–C–N with tert-alkyl or cyclic N) is 1. The van der Waals surface area contributed by atoms with Gasteiger partial charge in [0.25, 0.3) is 0 Å². The van der Waals surface area contributed by atoms with Crippen molar-refractivity contribution in [1.29, 1.82) is 0 Å². The lowest BCUT2D eigenvalue weighted by Gasteiger charge is -2.19. The maximum atomic E-state index is 11.8. The Kier molecular flexibility index (Phi) is 2.51. The topological polar surface area (TPSA) is 52.6 Å². The van der Waals surface area contributed by atoms with Gasteiger partial charge in [-0.2, -0.15) is 0 Å². The van der Waals surface area contributed by atoms with E-state index in [4.69, 9.17) is 0 Å². The molecule has 2 fully saturated rings. The second-order valence-electron chi connectivity index (χ2n) is 3.92. The quantitative estimate of drug-likeness (QED) is 0.560. The molecular formula is C9H16N2O2. The molecule has 74 valence electrons. The predicted octanol–water partition coefficient (Wildman–Crippen LogP) is -0.811. The molecule has 2 atom stereocenters. The van der Waals surface area contributed by atoms with E-state index < -0.39 is 0 Å². The van der Waals surface area contributed by atoms with Gasteiger partial charge in [-0.15, -0.1) is 0 Å². The number of aliphatic hydroxyl groups excluding tert-OH is 1. The van der Waals surface area contributed by atoms with Crippen molar-refractivity contribution in [1.82, 2.24) is 10.2 Å². The van der Waals surface area contributed by atoms with Gasteiger partial charge in [-0.25, -0.2) is 0 Å². The minimum atomic E-state index is -0.293. The summed E-state index contributed by atoms with van der Waals surface area (Å²) in [6.45, 7) is 3.03. The number of aliphatic hydroxyl groups is 1. The van der Waals surface area contributed by atoms with Crippen LogP contribution in [-0.4, -0.2) is 48.2 Å². The van der Waals surface area contributed by atoms with Gasteiger partial charge in [-0.3, -0.25) is 4.79 Å². The van der Waals surface area contributed by atoms with E-state index in [-0.39, 0.29) is 17.9 Å². The maximum absolute atomic E-state index is 11.8. The summed E-state index contributed by atoms with van der Waals surface area (Å²) in [7, 11) is 0. The summed E-state index contributed by atoms with van der Waals surface area (Å²) in [5.74, 6) is 0.381. The Hall–Kier alpha value is -0.610. The molecule has 0 bridgehead atoms. The number of amides is 1. The molecule has 1 unspecified atom stereocenters. The van der Waals surface area contributed by atoms with Gasteiger partial charge in [0.05, 0.1) is 12.0 Å². The van der Waals surface area contributed by atoms with Crippen molar-refractivity contribution >= 4 is 5.91 Å². The zero-order valence-electron chi connectivity index (χ0n) is 7.70. The normalized spacial score (nSPS) is 34.1. The van der Waals surface area contributed by atoms with Crippen LogP contribution < -0.4 is 5.32 Å². The standard InChI is InChI=1S/C9H16N2O2/c12-8-2-4-11(6-8)9(13)7-1-3-10-5-7/h7-8,10,12H,1-6H2/t7?,8-/m1/s1. The van der Waals surface area contributed by atoms with Gasteiger partial charge in [0.2, 0.25) is 5.91 Å². The molecular weight excluding hydrogens is 168 g/mol. The molecule has 0 aromatic heterocycles. The van der Waals surface area contributed by atoms with E-state index in [9.17, 15) is 9.90 Å². The molecule has 2 aliphatic rings. The van der Waals surface area contributed by atoms with Crippen molar-refractivity contribution in [2.24, 2.45) is 5.92 Å². The van der Waals surface area contributed by atoms with Crippen molar-refractivity contribution in [3.63, 3.8) is 0 Å². The fourth-order valence-corrected chi connectivity index (χ4v) is 2.07. The predicted molar refractivity (Wildman–Crippen MR) is 48.2 cm³/mol. The van der Waals surface area contributed by atoms with E-state index in [1.54, 1.807) is 4.90 Å². The summed E-state index contributed by atoms with van der Waals surface area (Å²) in [4.78, 5) is 13.6. The molecule has 4 nitrogen and oxygen atoms in total. The first-order valence-electron chi connectivity index (χ1n) is 4.95. The summed E-state index contributed by atoms with van der Waals surface area (Å²) in [6.07, 6.45) is 1.40. The molecule has 0 aliphatic carbocycles. The van der Waals surface area contributed by atoms with Crippen LogP contribution >= 0.6 is 0 Å². The highest BCUT2D eigenvalue weighted by molar-refractivity contribution is 5.79. The lowest BCUT2D eigenvalue weighted by atomic mass is 10.1. The summed E-state index contributed by atoms with van der Waals surface area (Å²) >= 11 is 0. The van der Waals surface area contributed by atoms with Crippen LogP contribution in [0.2, 0.25) is 0 Å². The number of rotatable bonds is 1. The minimum absolute atomic E-state index is 0.158. The molecule has 2 aliphatic heterocycles. The molecule has 13 heavy (non-hydrogen) atoms. The van der Waals surface area contributed by atoms with Gasteiger partial charge in [0.1, 0.15) is 0 Å². The van der Waals surface area contributed by atoms with Gasteiger partial charge in [-0.05, 0) is 19.4 Å². The summed E-state index contributed by atoms with van der Waals surface area (Å²) < 4.78 is 0. The fraction of sp³-hybridized carbons (Fsp3) is 0.889. The SMILES string of the molecule is O=C(C1CCNC1)N1CC[C@@H](O)C1. The molecule has 1 amide bonds. The Bertz CT molecular complexity index is 202. The molecule has 0 spiro atoms. The van der Waals surface area contributed by atoms with Crippen LogP contribution in [-0.2, 0) is 4.79 Å². The first-order chi connectivity index (χ1) is 6.27. The minimum Gasteiger partial charge on any atom is -0.391 e. The molecule has 0 radical (unpaired) electrons. The molecule has 2 N–H and O–H groups in total. The van der Waals surface area contributed by atoms with Crippen LogP contribution in [0.3, 0.4) is 0 Å². The Morgan fingerprint density at radius 2 is 2.31 bits per heavy atom. The highest BCUT2D eigenvalue weighted by Crippen LogP contribution is 2.16. The van der Waals surface area contributed by atoms with Crippen LogP contribution in [0.5, 0.6) is 0 Å². The largest absolute Gasteiger partial charge is 0.391 e. The van der Waals surface area contributed by atoms with Crippen molar-refractivity contribution in [2.45, 2.75) is 18.9 Å². The number of nitrogens with zero attached hydrogens (tertiary/aromatic N) is 1. The lowest BCUT2D eigenvalue weighted by Crippen LogP contribution is -2.35. The molecule has 2 rings (SSSR count). The second-order valence-corrected chi connectivity index (χ2v) is 3.92. The van der Waals surface area contributed by atoms with E-state index in [2.05, 4.69) is 5.32 Å². The van der Waals surface area contributed by atoms with Gasteiger partial charge < -0.3 is 15.3 Å². The Morgan fingerprint density at radius 3 is 2.85 bits per heavy atom. The second kappa shape index (κ2) is 3.64. The molecule has 0 aromatic carbocycles. The first kappa shape index (κ1) is 8.97. The third kappa shape index (κ3) is 1.84. The zero-order valence-corrected chi connectivity index (χ0v) is 7.70. The smallest absolute Gasteiger partial charge is 0.227 e. The van der Waals surface area contributed by atoms with Gasteiger partial charge in [0, 0.05) is 19.6 Å². The number of likely N-dealkylation sites (tertiary alicyclic amines) is 1. The van der Waals surface area contributed by atoms with Gasteiger partial charge in [-0.1, -0.05) is 0 Å². The van der Waals surface area contributed by atoms with Crippen molar-refractivity contribution in [2.75, 3.05) is 26.2 Å². The van der Waals surface area contributed by atoms with Crippen LogP contribution in [0.1, 0.15) is 12.8 Å². The molecule has 0 aromatic rings. The number of carbonyl (C=O) groups is 1. The number of hydrogen-bond acceptors (Lipinski definition) is 3. The van der Waals surface area contributed by atoms with E-state index in [1.165, 1.54) is 0 Å². The highest BCUT2D eigenvalue weighted by Gasteiger charge is 2.31. The number of hydrogen-bond donors (Lipinski definition) is 2. The van der Waals surface area contributed by atoms with Gasteiger partial charge >= 0.3 is 0 Å². The van der Waals surface area contributed by atoms with Crippen LogP contribution in [0.4, 0.5) is 0 Å². The molecule has 4 heteroatoms. The fourth-order valence-electron chi connectivity index (χ4n) is 2.07. The molecule has 2 saturated heterocycles. The van der Waals surface area contributed by atoms with E-state index in [1.807, 2.05) is 0 Å². The summed E-state index contributed by atoms with van der Waals surface area (Å²) in [5.41, 5.74) is 0. The summed E-state index contributed by atoms with van der Waals surface area (Å²) in [5, 5.41) is 12.5. The Labute approximate surface area is 77.9 Å². The first-order valence-corrected chi connectivity index (χ1v) is 4.95.